The van der Waals surface area contributed by atoms with Crippen LogP contribution in [0.3, 0.4) is 0 Å². The number of ether oxygens (including phenoxy) is 2. The van der Waals surface area contributed by atoms with Crippen LogP contribution in [-0.4, -0.2) is 36.9 Å². The Labute approximate surface area is 206 Å². The lowest BCUT2D eigenvalue weighted by molar-refractivity contribution is -0.149. The molecule has 0 saturated heterocycles. The molecule has 0 radical (unpaired) electrons. The van der Waals surface area contributed by atoms with Crippen molar-refractivity contribution in [3.05, 3.63) is 64.2 Å². The van der Waals surface area contributed by atoms with Crippen molar-refractivity contribution in [3.8, 4) is 5.75 Å². The summed E-state index contributed by atoms with van der Waals surface area (Å²) >= 11 is 6.07. The van der Waals surface area contributed by atoms with Gasteiger partial charge in [-0.25, -0.2) is 0 Å². The van der Waals surface area contributed by atoms with E-state index in [9.17, 15) is 14.4 Å². The van der Waals surface area contributed by atoms with Gasteiger partial charge in [-0.05, 0) is 87.9 Å². The highest BCUT2D eigenvalue weighted by molar-refractivity contribution is 6.31. The molecule has 1 amide bonds. The van der Waals surface area contributed by atoms with Gasteiger partial charge in [0.1, 0.15) is 5.75 Å². The van der Waals surface area contributed by atoms with Gasteiger partial charge in [0, 0.05) is 29.1 Å². The summed E-state index contributed by atoms with van der Waals surface area (Å²) in [7, 11) is 0. The third-order valence-electron chi connectivity index (χ3n) is 6.07. The highest BCUT2D eigenvalue weighted by atomic mass is 35.5. The van der Waals surface area contributed by atoms with Gasteiger partial charge in [-0.15, -0.1) is 0 Å². The van der Waals surface area contributed by atoms with E-state index in [1.807, 2.05) is 32.0 Å². The van der Waals surface area contributed by atoms with Crippen molar-refractivity contribution < 1.29 is 23.9 Å². The van der Waals surface area contributed by atoms with Crippen LogP contribution in [0.1, 0.15) is 71.7 Å². The Morgan fingerprint density at radius 1 is 1.00 bits per heavy atom. The normalized spacial score (nSPS) is 17.6. The van der Waals surface area contributed by atoms with E-state index >= 15 is 0 Å². The summed E-state index contributed by atoms with van der Waals surface area (Å²) in [5.74, 6) is 0.406. The second-order valence-electron chi connectivity index (χ2n) is 8.61. The van der Waals surface area contributed by atoms with Crippen LogP contribution in [0.4, 0.5) is 0 Å². The molecule has 0 aliphatic heterocycles. The standard InChI is InChI=1S/C27H32ClNO5/c1-3-33-27(32)20-10-14-23(15-11-20)34-22-12-8-19(9-13-22)25(30)5-4-16-29-26(31)21-7-6-18(2)24(28)17-21/h6-9,12-13,17,20,23H,3-5,10-11,14-16H2,1-2H3,(H,29,31). The first-order valence-electron chi connectivity index (χ1n) is 11.9. The lowest BCUT2D eigenvalue weighted by Gasteiger charge is -2.27. The van der Waals surface area contributed by atoms with Crippen molar-refractivity contribution in [3.63, 3.8) is 0 Å². The predicted molar refractivity (Wildman–Crippen MR) is 132 cm³/mol. The molecule has 1 saturated carbocycles. The Morgan fingerprint density at radius 2 is 1.68 bits per heavy atom. The predicted octanol–water partition coefficient (Wildman–Crippen LogP) is 5.54. The minimum absolute atomic E-state index is 0.0223. The van der Waals surface area contributed by atoms with E-state index in [0.717, 1.165) is 37.0 Å². The number of hydrogen-bond acceptors (Lipinski definition) is 5. The molecule has 0 unspecified atom stereocenters. The monoisotopic (exact) mass is 485 g/mol. The number of rotatable bonds is 10. The number of carbonyl (C=O) groups excluding carboxylic acids is 3. The first-order chi connectivity index (χ1) is 16.4. The minimum atomic E-state index is -0.202. The Hall–Kier alpha value is -2.86. The van der Waals surface area contributed by atoms with Crippen LogP contribution in [0, 0.1) is 12.8 Å². The van der Waals surface area contributed by atoms with Crippen LogP contribution >= 0.6 is 11.6 Å². The fraction of sp³-hybridized carbons (Fsp3) is 0.444. The molecule has 1 aliphatic carbocycles. The summed E-state index contributed by atoms with van der Waals surface area (Å²) in [5.41, 5.74) is 2.04. The molecule has 1 N–H and O–H groups in total. The van der Waals surface area contributed by atoms with E-state index in [0.29, 0.717) is 42.1 Å². The SMILES string of the molecule is CCOC(=O)C1CCC(Oc2ccc(C(=O)CCCNC(=O)c3ccc(C)c(Cl)c3)cc2)CC1. The zero-order valence-corrected chi connectivity index (χ0v) is 20.5. The van der Waals surface area contributed by atoms with Gasteiger partial charge >= 0.3 is 5.97 Å². The summed E-state index contributed by atoms with van der Waals surface area (Å²) in [4.78, 5) is 36.6. The lowest BCUT2D eigenvalue weighted by Crippen LogP contribution is -2.29. The molecule has 1 fully saturated rings. The van der Waals surface area contributed by atoms with Gasteiger partial charge < -0.3 is 14.8 Å². The Morgan fingerprint density at radius 3 is 2.32 bits per heavy atom. The molecule has 1 aliphatic rings. The smallest absolute Gasteiger partial charge is 0.308 e. The van der Waals surface area contributed by atoms with Crippen molar-refractivity contribution in [2.45, 2.75) is 58.5 Å². The van der Waals surface area contributed by atoms with E-state index in [4.69, 9.17) is 21.1 Å². The van der Waals surface area contributed by atoms with E-state index < -0.39 is 0 Å². The van der Waals surface area contributed by atoms with Crippen LogP contribution in [0.25, 0.3) is 0 Å². The third kappa shape index (κ3) is 7.32. The van der Waals surface area contributed by atoms with E-state index in [1.54, 1.807) is 24.3 Å². The Bertz CT molecular complexity index is 997. The third-order valence-corrected chi connectivity index (χ3v) is 6.48. The number of halogens is 1. The molecule has 2 aromatic carbocycles. The highest BCUT2D eigenvalue weighted by Crippen LogP contribution is 2.28. The molecule has 0 atom stereocenters. The van der Waals surface area contributed by atoms with Crippen LogP contribution in [0.15, 0.2) is 42.5 Å². The maximum absolute atomic E-state index is 12.5. The maximum Gasteiger partial charge on any atom is 0.308 e. The lowest BCUT2D eigenvalue weighted by atomic mass is 9.87. The van der Waals surface area contributed by atoms with Crippen LogP contribution in [0.2, 0.25) is 5.02 Å². The van der Waals surface area contributed by atoms with Crippen molar-refractivity contribution in [2.75, 3.05) is 13.2 Å². The number of aryl methyl sites for hydroxylation is 1. The van der Waals surface area contributed by atoms with Crippen LogP contribution in [-0.2, 0) is 9.53 Å². The molecular formula is C27H32ClNO5. The molecule has 182 valence electrons. The Kier molecular flexibility index (Phi) is 9.52. The highest BCUT2D eigenvalue weighted by Gasteiger charge is 2.28. The fourth-order valence-electron chi connectivity index (χ4n) is 4.02. The maximum atomic E-state index is 12.5. The second kappa shape index (κ2) is 12.6. The van der Waals surface area contributed by atoms with Gasteiger partial charge in [-0.3, -0.25) is 14.4 Å². The second-order valence-corrected chi connectivity index (χ2v) is 9.02. The summed E-state index contributed by atoms with van der Waals surface area (Å²) < 4.78 is 11.1. The molecule has 3 rings (SSSR count). The van der Waals surface area contributed by atoms with Gasteiger partial charge in [0.05, 0.1) is 18.6 Å². The number of benzene rings is 2. The molecule has 7 heteroatoms. The fourth-order valence-corrected chi connectivity index (χ4v) is 4.20. The number of amides is 1. The average molecular weight is 486 g/mol. The van der Waals surface area contributed by atoms with Crippen LogP contribution < -0.4 is 10.1 Å². The number of carbonyl (C=O) groups is 3. The van der Waals surface area contributed by atoms with Crippen molar-refractivity contribution in [1.82, 2.24) is 5.32 Å². The molecule has 0 aromatic heterocycles. The van der Waals surface area contributed by atoms with Crippen LogP contribution in [0.5, 0.6) is 5.75 Å². The first kappa shape index (κ1) is 25.8. The molecule has 0 spiro atoms. The molecule has 2 aromatic rings. The zero-order chi connectivity index (χ0) is 24.5. The van der Waals surface area contributed by atoms with Gasteiger partial charge in [0.15, 0.2) is 5.78 Å². The first-order valence-corrected chi connectivity index (χ1v) is 12.3. The summed E-state index contributed by atoms with van der Waals surface area (Å²) in [6, 6.07) is 12.4. The van der Waals surface area contributed by atoms with E-state index in [1.165, 1.54) is 0 Å². The Balaban J connectivity index is 1.38. The number of Topliss-reactive ketones (excluding diaryl/α,β-unsaturated/α-hetero) is 1. The molecule has 0 heterocycles. The summed E-state index contributed by atoms with van der Waals surface area (Å²) in [6.45, 7) is 4.53. The number of hydrogen-bond donors (Lipinski definition) is 1. The number of nitrogens with one attached hydrogen (secondary N) is 1. The zero-order valence-electron chi connectivity index (χ0n) is 19.8. The minimum Gasteiger partial charge on any atom is -0.490 e. The van der Waals surface area contributed by atoms with Crippen molar-refractivity contribution in [1.29, 1.82) is 0 Å². The largest absolute Gasteiger partial charge is 0.490 e. The topological polar surface area (TPSA) is 81.7 Å². The van der Waals surface area contributed by atoms with E-state index in [2.05, 4.69) is 5.32 Å². The summed E-state index contributed by atoms with van der Waals surface area (Å²) in [6.07, 6.45) is 4.12. The quantitative estimate of drug-likeness (QED) is 0.271. The molecular weight excluding hydrogens is 454 g/mol. The van der Waals surface area contributed by atoms with Gasteiger partial charge in [-0.1, -0.05) is 17.7 Å². The number of esters is 1. The van der Waals surface area contributed by atoms with Crippen molar-refractivity contribution in [2.24, 2.45) is 5.92 Å². The molecule has 34 heavy (non-hydrogen) atoms. The number of ketones is 1. The van der Waals surface area contributed by atoms with Crippen molar-refractivity contribution >= 4 is 29.3 Å². The van der Waals surface area contributed by atoms with Gasteiger partial charge in [-0.2, -0.15) is 0 Å². The van der Waals surface area contributed by atoms with E-state index in [-0.39, 0.29) is 29.7 Å². The molecule has 6 nitrogen and oxygen atoms in total. The summed E-state index contributed by atoms with van der Waals surface area (Å²) in [5, 5.41) is 3.38. The average Bonchev–Trinajstić information content (AvgIpc) is 2.84. The van der Waals surface area contributed by atoms with Gasteiger partial charge in [0.2, 0.25) is 0 Å². The van der Waals surface area contributed by atoms with Gasteiger partial charge in [0.25, 0.3) is 5.91 Å². The molecule has 0 bridgehead atoms.